The number of hydrogen-bond donors (Lipinski definition) is 2. The van der Waals surface area contributed by atoms with Crippen LogP contribution < -0.4 is 4.90 Å². The molecule has 2 aromatic rings. The quantitative estimate of drug-likeness (QED) is 0.420. The van der Waals surface area contributed by atoms with Gasteiger partial charge in [0, 0.05) is 107 Å². The zero-order valence-corrected chi connectivity index (χ0v) is 24.9. The van der Waals surface area contributed by atoms with Crippen LogP contribution >= 0.6 is 0 Å². The smallest absolute Gasteiger partial charge is 0.202 e. The molecular weight excluding hydrogens is 780 g/mol. The summed E-state index contributed by atoms with van der Waals surface area (Å²) in [5.74, 6) is -0.890. The van der Waals surface area contributed by atoms with Crippen LogP contribution in [0.3, 0.4) is 0 Å². The Morgan fingerprint density at radius 3 is 1.77 bits per heavy atom. The van der Waals surface area contributed by atoms with Crippen LogP contribution in [0.15, 0.2) is 53.4 Å². The van der Waals surface area contributed by atoms with Crippen LogP contribution in [0.4, 0.5) is 5.69 Å². The summed E-state index contributed by atoms with van der Waals surface area (Å²) < 4.78 is 23.1. The maximum Gasteiger partial charge on any atom is 0.202 e. The number of rotatable bonds is 7. The number of anilines is 1. The molecule has 2 radical (unpaired) electrons. The molecule has 26 heavy (non-hydrogen) atoms. The first-order chi connectivity index (χ1) is 11.5. The molecular formula is C18H21Ac2NO4S. The van der Waals surface area contributed by atoms with Crippen molar-refractivity contribution in [1.29, 1.82) is 0 Å². The molecule has 0 atom stereocenters. The van der Waals surface area contributed by atoms with Gasteiger partial charge < -0.3 is 15.1 Å². The number of hydrogen-bond acceptors (Lipinski definition) is 5. The van der Waals surface area contributed by atoms with Crippen molar-refractivity contribution in [1.82, 2.24) is 0 Å². The fourth-order valence-electron chi connectivity index (χ4n) is 2.17. The Bertz CT molecular complexity index is 791. The van der Waals surface area contributed by atoms with Crippen molar-refractivity contribution in [2.24, 2.45) is 0 Å². The van der Waals surface area contributed by atoms with Crippen molar-refractivity contribution >= 4 is 27.7 Å². The molecule has 0 unspecified atom stereocenters. The molecule has 0 saturated heterocycles. The molecule has 8 heteroatoms. The van der Waals surface area contributed by atoms with Gasteiger partial charge in [0.1, 0.15) is 5.94 Å². The van der Waals surface area contributed by atoms with E-state index in [4.69, 9.17) is 10.2 Å². The van der Waals surface area contributed by atoms with Gasteiger partial charge in [-0.3, -0.25) is 0 Å². The van der Waals surface area contributed by atoms with Crippen LogP contribution in [-0.4, -0.2) is 44.8 Å². The molecule has 134 valence electrons. The van der Waals surface area contributed by atoms with E-state index in [1.807, 2.05) is 48.4 Å². The monoisotopic (exact) mass is 801 g/mol. The largest absolute Gasteiger partial charge is 0.395 e. The number of sulfone groups is 1. The van der Waals surface area contributed by atoms with E-state index in [2.05, 4.69) is 0 Å². The third kappa shape index (κ3) is 8.00. The topological polar surface area (TPSA) is 77.8 Å². The number of aliphatic hydroxyl groups is 2. The molecule has 0 saturated carbocycles. The molecule has 0 aliphatic rings. The Morgan fingerprint density at radius 1 is 0.885 bits per heavy atom. The summed E-state index contributed by atoms with van der Waals surface area (Å²) in [4.78, 5) is 2.08. The number of benzene rings is 2. The van der Waals surface area contributed by atoms with E-state index in [1.54, 1.807) is 12.1 Å². The second-order valence-corrected chi connectivity index (χ2v) is 7.34. The number of likely N-dealkylation sites (N-methyl/N-ethyl adjacent to an activating group) is 1. The fourth-order valence-corrected chi connectivity index (χ4v) is 2.87. The number of aliphatic hydroxyl groups excluding tert-OH is 2. The van der Waals surface area contributed by atoms with E-state index in [0.29, 0.717) is 6.54 Å². The van der Waals surface area contributed by atoms with Crippen LogP contribution in [-0.2, 0) is 9.84 Å². The van der Waals surface area contributed by atoms with E-state index in [1.165, 1.54) is 12.1 Å². The Morgan fingerprint density at radius 2 is 1.35 bits per heavy atom. The van der Waals surface area contributed by atoms with Gasteiger partial charge in [-0.2, -0.15) is 0 Å². The van der Waals surface area contributed by atoms with Crippen molar-refractivity contribution in [2.75, 3.05) is 31.0 Å². The zero-order chi connectivity index (χ0) is 17.6. The first-order valence-corrected chi connectivity index (χ1v) is 9.15. The van der Waals surface area contributed by atoms with E-state index in [0.717, 1.165) is 16.8 Å². The summed E-state index contributed by atoms with van der Waals surface area (Å²) in [6, 6.07) is 14.3. The van der Waals surface area contributed by atoms with Gasteiger partial charge in [0.25, 0.3) is 0 Å². The predicted molar refractivity (Wildman–Crippen MR) is 96.4 cm³/mol. The van der Waals surface area contributed by atoms with Crippen molar-refractivity contribution < 1.29 is 107 Å². The summed E-state index contributed by atoms with van der Waals surface area (Å²) in [5, 5.41) is 17.8. The molecule has 2 rings (SSSR count). The predicted octanol–water partition coefficient (Wildman–Crippen LogP) is 2.01. The molecule has 5 nitrogen and oxygen atoms in total. The van der Waals surface area contributed by atoms with Gasteiger partial charge in [-0.1, -0.05) is 36.4 Å². The maximum atomic E-state index is 11.5. The van der Waals surface area contributed by atoms with Gasteiger partial charge in [-0.15, -0.1) is 0 Å². The summed E-state index contributed by atoms with van der Waals surface area (Å²) in [6.45, 7) is 0.693. The first-order valence-electron chi connectivity index (χ1n) is 7.50. The first kappa shape index (κ1) is 26.7. The minimum atomic E-state index is -3.59. The van der Waals surface area contributed by atoms with Crippen LogP contribution in [0.25, 0.3) is 12.2 Å². The van der Waals surface area contributed by atoms with E-state index in [-0.39, 0.29) is 99.6 Å². The Hall–Kier alpha value is 0.733. The maximum absolute atomic E-state index is 11.5. The standard InChI is InChI=1S/C18H21NO4S.2Ac/c1-19(12-13-20)17-8-4-15(5-9-17)2-3-16-6-10-18(11-7-16)24(22,23)14-21;;/h2-11,20-21H,12-14H2,1H3;;/b3-2+;;. The Kier molecular flexibility index (Phi) is 13.4. The molecule has 0 aliphatic heterocycles. The van der Waals surface area contributed by atoms with E-state index < -0.39 is 15.8 Å². The third-order valence-electron chi connectivity index (χ3n) is 3.65. The Balaban J connectivity index is 0.00000312. The zero-order valence-electron chi connectivity index (χ0n) is 14.6. The molecule has 0 fully saturated rings. The van der Waals surface area contributed by atoms with Gasteiger partial charge in [0.15, 0.2) is 0 Å². The molecule has 2 aromatic carbocycles. The molecule has 0 amide bonds. The summed E-state index contributed by atoms with van der Waals surface area (Å²) in [5.41, 5.74) is 2.91. The summed E-state index contributed by atoms with van der Waals surface area (Å²) >= 11 is 0. The Labute approximate surface area is 226 Å². The minimum absolute atomic E-state index is 0. The van der Waals surface area contributed by atoms with Crippen LogP contribution in [0.1, 0.15) is 11.1 Å². The van der Waals surface area contributed by atoms with Gasteiger partial charge in [0.05, 0.1) is 11.5 Å². The van der Waals surface area contributed by atoms with Gasteiger partial charge in [-0.05, 0) is 35.4 Å². The van der Waals surface area contributed by atoms with Gasteiger partial charge in [0.2, 0.25) is 9.84 Å². The molecule has 0 heterocycles. The van der Waals surface area contributed by atoms with Gasteiger partial charge in [-0.25, -0.2) is 8.42 Å². The average molecular weight is 801 g/mol. The molecule has 0 spiro atoms. The molecule has 0 aliphatic carbocycles. The summed E-state index contributed by atoms with van der Waals surface area (Å²) in [6.07, 6.45) is 3.83. The summed E-state index contributed by atoms with van der Waals surface area (Å²) in [7, 11) is -1.67. The second-order valence-electron chi connectivity index (χ2n) is 5.38. The molecule has 2 N–H and O–H groups in total. The fraction of sp³-hybridized carbons (Fsp3) is 0.222. The number of nitrogens with zero attached hydrogens (tertiary/aromatic N) is 1. The SMILES string of the molecule is CN(CCO)c1ccc(/C=C/c2ccc(S(=O)(=O)CO)cc2)cc1.[Ac].[Ac]. The van der Waals surface area contributed by atoms with Crippen molar-refractivity contribution in [3.05, 3.63) is 59.7 Å². The minimum Gasteiger partial charge on any atom is -0.395 e. The normalized spacial score (nSPS) is 10.9. The average Bonchev–Trinajstić information content (AvgIpc) is 2.61. The molecule has 0 bridgehead atoms. The van der Waals surface area contributed by atoms with Crippen LogP contribution in [0.5, 0.6) is 0 Å². The van der Waals surface area contributed by atoms with Crippen molar-refractivity contribution in [3.8, 4) is 0 Å². The molecule has 0 aromatic heterocycles. The van der Waals surface area contributed by atoms with E-state index in [9.17, 15) is 8.42 Å². The van der Waals surface area contributed by atoms with Crippen LogP contribution in [0, 0.1) is 88.1 Å². The van der Waals surface area contributed by atoms with Crippen LogP contribution in [0.2, 0.25) is 0 Å². The van der Waals surface area contributed by atoms with Gasteiger partial charge >= 0.3 is 0 Å². The van der Waals surface area contributed by atoms with Crippen molar-refractivity contribution in [3.63, 3.8) is 0 Å². The van der Waals surface area contributed by atoms with E-state index >= 15 is 0 Å². The van der Waals surface area contributed by atoms with Crippen molar-refractivity contribution in [2.45, 2.75) is 4.90 Å². The second kappa shape index (κ2) is 13.0. The third-order valence-corrected chi connectivity index (χ3v) is 4.98.